The molecule has 0 bridgehead atoms. The molecule has 6 rings (SSSR count). The summed E-state index contributed by atoms with van der Waals surface area (Å²) < 4.78 is 6.31. The molecule has 4 aliphatic carbocycles. The molecule has 3 N–H and O–H groups in total. The van der Waals surface area contributed by atoms with Crippen LogP contribution in [-0.4, -0.2) is 22.0 Å². The average Bonchev–Trinajstić information content (AvgIpc) is 3.22. The van der Waals surface area contributed by atoms with Crippen LogP contribution in [0, 0.1) is 39.3 Å². The van der Waals surface area contributed by atoms with Crippen molar-refractivity contribution >= 4 is 45.6 Å². The van der Waals surface area contributed by atoms with Crippen LogP contribution in [-0.2, 0) is 22.4 Å². The lowest BCUT2D eigenvalue weighted by Gasteiger charge is -2.60. The van der Waals surface area contributed by atoms with Gasteiger partial charge in [-0.25, -0.2) is 4.98 Å². The number of anilines is 1. The van der Waals surface area contributed by atoms with Crippen molar-refractivity contribution in [1.82, 2.24) is 9.97 Å². The molecule has 2 aromatic heterocycles. The number of hydrogen-bond acceptors (Lipinski definition) is 6. The molecule has 3 saturated carbocycles. The highest BCUT2D eigenvalue weighted by Gasteiger charge is 2.61. The molecule has 0 spiro atoms. The average molecular weight is 472 g/mol. The van der Waals surface area contributed by atoms with Crippen molar-refractivity contribution in [2.24, 2.45) is 34.5 Å². The molecule has 0 unspecified atom stereocenters. The first-order valence-electron chi connectivity index (χ1n) is 12.2. The Morgan fingerprint density at radius 1 is 1.19 bits per heavy atom. The number of rotatable bonds is 1. The minimum Gasteiger partial charge on any atom is -0.462 e. The van der Waals surface area contributed by atoms with Gasteiger partial charge in [0.2, 0.25) is 0 Å². The number of nitrogens with one attached hydrogen (secondary N) is 1. The van der Waals surface area contributed by atoms with E-state index in [0.29, 0.717) is 27.8 Å². The molecule has 0 saturated heterocycles. The normalized spacial score (nSPS) is 40.3. The van der Waals surface area contributed by atoms with Gasteiger partial charge >= 0.3 is 5.97 Å². The summed E-state index contributed by atoms with van der Waals surface area (Å²) >= 11 is 7.10. The molecule has 0 aliphatic heterocycles. The number of nitrogen functional groups attached to an aromatic ring is 1. The third-order valence-corrected chi connectivity index (χ3v) is 11.4. The molecular formula is C25H33N3O2S2. The second-order valence-electron chi connectivity index (χ2n) is 11.4. The van der Waals surface area contributed by atoms with Crippen LogP contribution in [0.5, 0.6) is 0 Å². The van der Waals surface area contributed by atoms with Crippen LogP contribution < -0.4 is 5.73 Å². The van der Waals surface area contributed by atoms with Crippen LogP contribution in [0.3, 0.4) is 0 Å². The van der Waals surface area contributed by atoms with E-state index < -0.39 is 0 Å². The maximum atomic E-state index is 11.7. The minimum absolute atomic E-state index is 0.106. The number of aromatic amines is 1. The molecule has 2 aromatic rings. The maximum Gasteiger partial charge on any atom is 0.302 e. The fraction of sp³-hybridized carbons (Fsp3) is 0.720. The maximum absolute atomic E-state index is 11.7. The first-order chi connectivity index (χ1) is 15.2. The predicted octanol–water partition coefficient (Wildman–Crippen LogP) is 5.83. The van der Waals surface area contributed by atoms with E-state index in [4.69, 9.17) is 22.7 Å². The van der Waals surface area contributed by atoms with E-state index in [1.807, 2.05) is 11.3 Å². The second kappa shape index (κ2) is 7.02. The van der Waals surface area contributed by atoms with Crippen LogP contribution in [0.4, 0.5) is 5.82 Å². The Hall–Kier alpha value is -1.47. The van der Waals surface area contributed by atoms with Crippen molar-refractivity contribution in [2.75, 3.05) is 5.73 Å². The predicted molar refractivity (Wildman–Crippen MR) is 130 cm³/mol. The zero-order valence-electron chi connectivity index (χ0n) is 19.2. The van der Waals surface area contributed by atoms with Gasteiger partial charge in [-0.15, -0.1) is 11.3 Å². The van der Waals surface area contributed by atoms with E-state index in [9.17, 15) is 4.79 Å². The number of carbonyl (C=O) groups excluding carboxylic acids is 1. The fourth-order valence-electron chi connectivity index (χ4n) is 8.59. The molecule has 0 aromatic carbocycles. The van der Waals surface area contributed by atoms with E-state index in [1.165, 1.54) is 42.5 Å². The van der Waals surface area contributed by atoms with Gasteiger partial charge in [0.1, 0.15) is 16.8 Å². The zero-order valence-corrected chi connectivity index (χ0v) is 20.8. The van der Waals surface area contributed by atoms with Crippen molar-refractivity contribution in [3.8, 4) is 0 Å². The zero-order chi connectivity index (χ0) is 22.4. The van der Waals surface area contributed by atoms with Gasteiger partial charge in [0.15, 0.2) is 4.77 Å². The first-order valence-corrected chi connectivity index (χ1v) is 13.4. The van der Waals surface area contributed by atoms with E-state index in [2.05, 4.69) is 23.8 Å². The minimum atomic E-state index is -0.119. The number of fused-ring (bicyclic) bond motifs is 8. The van der Waals surface area contributed by atoms with Crippen molar-refractivity contribution in [2.45, 2.75) is 78.2 Å². The lowest BCUT2D eigenvalue weighted by atomic mass is 9.45. The van der Waals surface area contributed by atoms with Gasteiger partial charge in [-0.3, -0.25) is 4.79 Å². The van der Waals surface area contributed by atoms with E-state index in [1.54, 1.807) is 6.92 Å². The summed E-state index contributed by atoms with van der Waals surface area (Å²) in [6, 6.07) is 0. The molecule has 3 fully saturated rings. The summed E-state index contributed by atoms with van der Waals surface area (Å²) in [6.07, 6.45) is 9.64. The molecule has 32 heavy (non-hydrogen) atoms. The molecule has 2 heterocycles. The Bertz CT molecular complexity index is 1170. The lowest BCUT2D eigenvalue weighted by molar-refractivity contribution is -0.160. The number of aromatic nitrogens is 2. The van der Waals surface area contributed by atoms with Crippen molar-refractivity contribution in [3.63, 3.8) is 0 Å². The fourth-order valence-corrected chi connectivity index (χ4v) is 10.3. The number of esters is 1. The summed E-state index contributed by atoms with van der Waals surface area (Å²) in [5, 5.41) is 1.12. The van der Waals surface area contributed by atoms with Crippen LogP contribution in [0.1, 0.15) is 69.7 Å². The number of nitrogens with zero attached hydrogens (tertiary/aromatic N) is 1. The summed E-state index contributed by atoms with van der Waals surface area (Å²) in [4.78, 5) is 21.9. The van der Waals surface area contributed by atoms with Gasteiger partial charge in [-0.1, -0.05) is 13.8 Å². The van der Waals surface area contributed by atoms with E-state index >= 15 is 0 Å². The molecule has 4 aliphatic rings. The lowest BCUT2D eigenvalue weighted by Crippen LogP contribution is -2.54. The van der Waals surface area contributed by atoms with Gasteiger partial charge in [-0.05, 0) is 98.2 Å². The third-order valence-electron chi connectivity index (χ3n) is 10.1. The summed E-state index contributed by atoms with van der Waals surface area (Å²) in [5.41, 5.74) is 8.27. The third kappa shape index (κ3) is 2.82. The summed E-state index contributed by atoms with van der Waals surface area (Å²) in [5.74, 6) is 3.45. The Balaban J connectivity index is 1.35. The van der Waals surface area contributed by atoms with Crippen molar-refractivity contribution in [3.05, 3.63) is 15.2 Å². The SMILES string of the molecule is CC(=O)O[C@H]1CC[C@H]2[C@@H]3CC[C@H]4Cc5c(sc6nc(=S)[nH]c(N)c56)C[C@]4(C)[C@H]3CC[C@]12C. The van der Waals surface area contributed by atoms with Gasteiger partial charge in [0.05, 0.1) is 5.39 Å². The van der Waals surface area contributed by atoms with Gasteiger partial charge in [0, 0.05) is 17.2 Å². The standard InChI is InChI=1S/C25H33N3O2S2/c1-12(29)30-19-7-6-16-14-5-4-13-10-15-18(32-22-20(15)21(26)27-23(31)28-22)11-25(13,3)17(14)8-9-24(16,19)2/h13-14,16-17,19H,4-11H2,1-3H3,(H3,26,27,28,31)/t13-,14-,16-,17-,19-,24-,25-/m0/s1. The number of H-pyrrole nitrogens is 1. The highest BCUT2D eigenvalue weighted by molar-refractivity contribution is 7.71. The highest BCUT2D eigenvalue weighted by atomic mass is 32.1. The second-order valence-corrected chi connectivity index (χ2v) is 12.9. The van der Waals surface area contributed by atoms with Crippen molar-refractivity contribution < 1.29 is 9.53 Å². The topological polar surface area (TPSA) is 81.0 Å². The Morgan fingerprint density at radius 2 is 1.97 bits per heavy atom. The molecule has 7 heteroatoms. The quantitative estimate of drug-likeness (QED) is 0.404. The molecule has 0 amide bonds. The van der Waals surface area contributed by atoms with Crippen LogP contribution in [0.25, 0.3) is 10.2 Å². The number of hydrogen-bond donors (Lipinski definition) is 2. The number of thiophene rings is 1. The number of nitrogens with two attached hydrogens (primary N) is 1. The van der Waals surface area contributed by atoms with E-state index in [-0.39, 0.29) is 17.5 Å². The number of ether oxygens (including phenoxy) is 1. The molecule has 0 radical (unpaired) electrons. The van der Waals surface area contributed by atoms with Gasteiger partial charge in [-0.2, -0.15) is 0 Å². The molecule has 172 valence electrons. The van der Waals surface area contributed by atoms with Crippen LogP contribution in [0.2, 0.25) is 0 Å². The largest absolute Gasteiger partial charge is 0.462 e. The monoisotopic (exact) mass is 471 g/mol. The van der Waals surface area contributed by atoms with Gasteiger partial charge < -0.3 is 15.5 Å². The molecular weight excluding hydrogens is 438 g/mol. The highest BCUT2D eigenvalue weighted by Crippen LogP contribution is 2.66. The Labute approximate surface area is 198 Å². The molecule has 7 atom stereocenters. The molecule has 5 nitrogen and oxygen atoms in total. The van der Waals surface area contributed by atoms with E-state index in [0.717, 1.165) is 41.3 Å². The van der Waals surface area contributed by atoms with Gasteiger partial charge in [0.25, 0.3) is 0 Å². The van der Waals surface area contributed by atoms with Crippen LogP contribution in [0.15, 0.2) is 0 Å². The smallest absolute Gasteiger partial charge is 0.302 e. The Kier molecular flexibility index (Phi) is 4.62. The van der Waals surface area contributed by atoms with Crippen molar-refractivity contribution in [1.29, 1.82) is 0 Å². The summed E-state index contributed by atoms with van der Waals surface area (Å²) in [6.45, 7) is 6.54. The first kappa shape index (κ1) is 21.1. The number of carbonyl (C=O) groups is 1. The summed E-state index contributed by atoms with van der Waals surface area (Å²) in [7, 11) is 0. The van der Waals surface area contributed by atoms with Crippen LogP contribution >= 0.6 is 23.6 Å². The Morgan fingerprint density at radius 3 is 2.75 bits per heavy atom.